The van der Waals surface area contributed by atoms with E-state index in [2.05, 4.69) is 10.0 Å². The van der Waals surface area contributed by atoms with Gasteiger partial charge in [-0.2, -0.15) is 0 Å². The fourth-order valence-electron chi connectivity index (χ4n) is 1.77. The minimum Gasteiger partial charge on any atom is -0.496 e. The van der Waals surface area contributed by atoms with Crippen LogP contribution in [0, 0.1) is 0 Å². The summed E-state index contributed by atoms with van der Waals surface area (Å²) in [6.45, 7) is 2.66. The summed E-state index contributed by atoms with van der Waals surface area (Å²) >= 11 is 0. The highest BCUT2D eigenvalue weighted by Gasteiger charge is 2.16. The molecule has 1 aromatic carbocycles. The van der Waals surface area contributed by atoms with E-state index in [1.807, 2.05) is 0 Å². The van der Waals surface area contributed by atoms with Crippen LogP contribution in [0.1, 0.15) is 25.3 Å². The van der Waals surface area contributed by atoms with Crippen LogP contribution in [0.15, 0.2) is 23.1 Å². The molecule has 0 aliphatic heterocycles. The molecule has 0 radical (unpaired) electrons. The Morgan fingerprint density at radius 1 is 1.35 bits per heavy atom. The zero-order valence-corrected chi connectivity index (χ0v) is 14.9. The Hall–Kier alpha value is -1.35. The number of rotatable bonds is 9. The first-order chi connectivity index (χ1) is 10.4. The van der Waals surface area contributed by atoms with E-state index < -0.39 is 10.0 Å². The molecule has 0 atom stereocenters. The van der Waals surface area contributed by atoms with Crippen molar-refractivity contribution in [2.45, 2.75) is 31.2 Å². The van der Waals surface area contributed by atoms with E-state index in [1.54, 1.807) is 13.0 Å². The van der Waals surface area contributed by atoms with Gasteiger partial charge in [-0.3, -0.25) is 4.79 Å². The Bertz CT molecular complexity index is 608. The zero-order chi connectivity index (χ0) is 16.6. The van der Waals surface area contributed by atoms with Crippen LogP contribution in [0.25, 0.3) is 0 Å². The molecule has 1 aromatic rings. The molecule has 7 nitrogen and oxygen atoms in total. The molecule has 4 N–H and O–H groups in total. The summed E-state index contributed by atoms with van der Waals surface area (Å²) in [5.74, 6) is 0.411. The number of hydrogen-bond acceptors (Lipinski definition) is 5. The Morgan fingerprint density at radius 2 is 2.04 bits per heavy atom. The average molecular weight is 366 g/mol. The molecule has 0 saturated carbocycles. The summed E-state index contributed by atoms with van der Waals surface area (Å²) < 4.78 is 32.0. The van der Waals surface area contributed by atoms with Crippen molar-refractivity contribution in [1.29, 1.82) is 0 Å². The lowest BCUT2D eigenvalue weighted by Gasteiger charge is -2.12. The van der Waals surface area contributed by atoms with Gasteiger partial charge in [0.2, 0.25) is 15.9 Å². The lowest BCUT2D eigenvalue weighted by atomic mass is 10.2. The monoisotopic (exact) mass is 365 g/mol. The lowest BCUT2D eigenvalue weighted by Crippen LogP contribution is -2.26. The van der Waals surface area contributed by atoms with E-state index >= 15 is 0 Å². The molecule has 9 heteroatoms. The molecule has 1 rings (SSSR count). The normalized spacial score (nSPS) is 10.7. The van der Waals surface area contributed by atoms with Gasteiger partial charge in [0, 0.05) is 25.1 Å². The highest BCUT2D eigenvalue weighted by Crippen LogP contribution is 2.22. The van der Waals surface area contributed by atoms with Crippen LogP contribution in [-0.4, -0.2) is 34.5 Å². The van der Waals surface area contributed by atoms with Crippen molar-refractivity contribution in [3.05, 3.63) is 23.8 Å². The number of carbonyl (C=O) groups is 1. The van der Waals surface area contributed by atoms with E-state index in [9.17, 15) is 13.2 Å². The smallest absolute Gasteiger partial charge is 0.240 e. The quantitative estimate of drug-likeness (QED) is 0.560. The van der Waals surface area contributed by atoms with Gasteiger partial charge >= 0.3 is 0 Å². The van der Waals surface area contributed by atoms with E-state index in [4.69, 9.17) is 10.5 Å². The van der Waals surface area contributed by atoms with Gasteiger partial charge in [-0.1, -0.05) is 6.92 Å². The predicted molar refractivity (Wildman–Crippen MR) is 91.2 cm³/mol. The van der Waals surface area contributed by atoms with E-state index in [-0.39, 0.29) is 36.3 Å². The second kappa shape index (κ2) is 10.4. The standard InChI is InChI=1S/C14H23N3O4S.ClH/c1-3-14(18)16-10-11-9-12(5-6-13(11)21-2)22(19,20)17-8-4-7-15;/h5-6,9,17H,3-4,7-8,10,15H2,1-2H3,(H,16,18);1H. The Labute approximate surface area is 143 Å². The third-order valence-corrected chi connectivity index (χ3v) is 4.49. The van der Waals surface area contributed by atoms with E-state index in [0.29, 0.717) is 30.7 Å². The number of nitrogens with two attached hydrogens (primary N) is 1. The van der Waals surface area contributed by atoms with E-state index in [1.165, 1.54) is 19.2 Å². The van der Waals surface area contributed by atoms with Crippen LogP contribution in [0.3, 0.4) is 0 Å². The second-order valence-electron chi connectivity index (χ2n) is 4.64. The highest BCUT2D eigenvalue weighted by molar-refractivity contribution is 7.89. The first kappa shape index (κ1) is 21.6. The fourth-order valence-corrected chi connectivity index (χ4v) is 2.90. The molecular weight excluding hydrogens is 342 g/mol. The third-order valence-electron chi connectivity index (χ3n) is 3.03. The van der Waals surface area contributed by atoms with Crippen molar-refractivity contribution < 1.29 is 17.9 Å². The molecule has 0 heterocycles. The average Bonchev–Trinajstić information content (AvgIpc) is 2.52. The van der Waals surface area contributed by atoms with Gasteiger partial charge in [0.1, 0.15) is 5.75 Å². The first-order valence-electron chi connectivity index (χ1n) is 7.08. The Kier molecular flexibility index (Phi) is 9.82. The molecular formula is C14H24ClN3O4S. The number of methoxy groups -OCH3 is 1. The molecule has 132 valence electrons. The van der Waals surface area contributed by atoms with Crippen LogP contribution in [-0.2, 0) is 21.4 Å². The van der Waals surface area contributed by atoms with Crippen LogP contribution in [0.5, 0.6) is 5.75 Å². The fraction of sp³-hybridized carbons (Fsp3) is 0.500. The summed E-state index contributed by atoms with van der Waals surface area (Å²) in [7, 11) is -2.10. The Balaban J connectivity index is 0.00000484. The summed E-state index contributed by atoms with van der Waals surface area (Å²) in [4.78, 5) is 11.5. The number of carbonyl (C=O) groups excluding carboxylic acids is 1. The lowest BCUT2D eigenvalue weighted by molar-refractivity contribution is -0.120. The SMILES string of the molecule is CCC(=O)NCc1cc(S(=O)(=O)NCCCN)ccc1OC.Cl. The molecule has 23 heavy (non-hydrogen) atoms. The third kappa shape index (κ3) is 6.74. The van der Waals surface area contributed by atoms with Crippen molar-refractivity contribution >= 4 is 28.3 Å². The molecule has 0 spiro atoms. The number of ether oxygens (including phenoxy) is 1. The van der Waals surface area contributed by atoms with Crippen molar-refractivity contribution in [2.24, 2.45) is 5.73 Å². The van der Waals surface area contributed by atoms with Gasteiger partial charge < -0.3 is 15.8 Å². The summed E-state index contributed by atoms with van der Waals surface area (Å²) in [5.41, 5.74) is 5.95. The maximum absolute atomic E-state index is 12.2. The number of nitrogens with one attached hydrogen (secondary N) is 2. The zero-order valence-electron chi connectivity index (χ0n) is 13.3. The largest absolute Gasteiger partial charge is 0.496 e. The number of halogens is 1. The molecule has 1 amide bonds. The second-order valence-corrected chi connectivity index (χ2v) is 6.41. The van der Waals surface area contributed by atoms with Crippen LogP contribution in [0.2, 0.25) is 0 Å². The molecule has 0 saturated heterocycles. The molecule has 0 unspecified atom stereocenters. The molecule has 0 aliphatic carbocycles. The highest BCUT2D eigenvalue weighted by atomic mass is 35.5. The van der Waals surface area contributed by atoms with Crippen LogP contribution < -0.4 is 20.5 Å². The van der Waals surface area contributed by atoms with Crippen LogP contribution in [0.4, 0.5) is 0 Å². The van der Waals surface area contributed by atoms with Crippen molar-refractivity contribution in [1.82, 2.24) is 10.0 Å². The van der Waals surface area contributed by atoms with Gasteiger partial charge in [-0.25, -0.2) is 13.1 Å². The minimum absolute atomic E-state index is 0. The topological polar surface area (TPSA) is 111 Å². The summed E-state index contributed by atoms with van der Waals surface area (Å²) in [5, 5.41) is 2.70. The van der Waals surface area contributed by atoms with Gasteiger partial charge in [-0.15, -0.1) is 12.4 Å². The molecule has 0 aromatic heterocycles. The summed E-state index contributed by atoms with van der Waals surface area (Å²) in [6.07, 6.45) is 0.926. The van der Waals surface area contributed by atoms with Gasteiger partial charge in [-0.05, 0) is 31.2 Å². The molecule has 0 bridgehead atoms. The number of amides is 1. The molecule has 0 aliphatic rings. The van der Waals surface area contributed by atoms with E-state index in [0.717, 1.165) is 0 Å². The number of hydrogen-bond donors (Lipinski definition) is 3. The van der Waals surface area contributed by atoms with Crippen molar-refractivity contribution in [2.75, 3.05) is 20.2 Å². The number of benzene rings is 1. The van der Waals surface area contributed by atoms with Crippen LogP contribution >= 0.6 is 12.4 Å². The van der Waals surface area contributed by atoms with Gasteiger partial charge in [0.15, 0.2) is 0 Å². The van der Waals surface area contributed by atoms with Crippen molar-refractivity contribution in [3.63, 3.8) is 0 Å². The first-order valence-corrected chi connectivity index (χ1v) is 8.56. The van der Waals surface area contributed by atoms with Crippen molar-refractivity contribution in [3.8, 4) is 5.75 Å². The number of sulfonamides is 1. The maximum Gasteiger partial charge on any atom is 0.240 e. The maximum atomic E-state index is 12.2. The predicted octanol–water partition coefficient (Wildman–Crippen LogP) is 0.770. The molecule has 0 fully saturated rings. The summed E-state index contributed by atoms with van der Waals surface area (Å²) in [6, 6.07) is 4.54. The Morgan fingerprint density at radius 3 is 2.61 bits per heavy atom. The van der Waals surface area contributed by atoms with Gasteiger partial charge in [0.25, 0.3) is 0 Å². The minimum atomic E-state index is -3.60. The van der Waals surface area contributed by atoms with Gasteiger partial charge in [0.05, 0.1) is 12.0 Å².